The molecule has 0 saturated carbocycles. The third kappa shape index (κ3) is 2.07. The third-order valence-electron chi connectivity index (χ3n) is 4.05. The van der Waals surface area contributed by atoms with Crippen molar-refractivity contribution in [2.75, 3.05) is 32.8 Å². The second-order valence-electron chi connectivity index (χ2n) is 5.45. The number of carbonyl (C=O) groups excluding carboxylic acids is 1. The van der Waals surface area contributed by atoms with E-state index in [4.69, 9.17) is 4.74 Å². The molecule has 2 fully saturated rings. The summed E-state index contributed by atoms with van der Waals surface area (Å²) < 4.78 is 5.47. The molecule has 98 valence electrons. The van der Waals surface area contributed by atoms with Crippen molar-refractivity contribution in [1.29, 1.82) is 0 Å². The summed E-state index contributed by atoms with van der Waals surface area (Å²) in [5.41, 5.74) is -0.396. The van der Waals surface area contributed by atoms with Crippen molar-refractivity contribution in [3.63, 3.8) is 0 Å². The van der Waals surface area contributed by atoms with E-state index in [0.717, 1.165) is 19.6 Å². The SMILES string of the molecule is CC(C)N1CCN2C(=O)CO[C@@H](CO)[C@]2(C)C1. The monoisotopic (exact) mass is 242 g/mol. The molecule has 2 atom stereocenters. The maximum Gasteiger partial charge on any atom is 0.249 e. The molecule has 0 radical (unpaired) electrons. The Hall–Kier alpha value is -0.650. The van der Waals surface area contributed by atoms with Crippen LogP contribution in [0.1, 0.15) is 20.8 Å². The van der Waals surface area contributed by atoms with Gasteiger partial charge in [-0.1, -0.05) is 0 Å². The lowest BCUT2D eigenvalue weighted by atomic mass is 9.87. The number of amides is 1. The quantitative estimate of drug-likeness (QED) is 0.721. The second kappa shape index (κ2) is 4.55. The minimum absolute atomic E-state index is 0.0355. The van der Waals surface area contributed by atoms with Gasteiger partial charge in [0.25, 0.3) is 0 Å². The fourth-order valence-corrected chi connectivity index (χ4v) is 2.86. The van der Waals surface area contributed by atoms with Gasteiger partial charge in [0, 0.05) is 25.7 Å². The summed E-state index contributed by atoms with van der Waals surface area (Å²) in [5, 5.41) is 9.42. The molecule has 0 aromatic rings. The molecule has 5 nitrogen and oxygen atoms in total. The van der Waals surface area contributed by atoms with Crippen LogP contribution in [0.25, 0.3) is 0 Å². The molecule has 1 N–H and O–H groups in total. The first-order chi connectivity index (χ1) is 7.99. The van der Waals surface area contributed by atoms with Crippen molar-refractivity contribution in [3.8, 4) is 0 Å². The molecule has 1 amide bonds. The van der Waals surface area contributed by atoms with E-state index in [0.29, 0.717) is 6.04 Å². The average Bonchev–Trinajstić information content (AvgIpc) is 2.28. The Balaban J connectivity index is 2.22. The lowest BCUT2D eigenvalue weighted by Crippen LogP contribution is -2.72. The Morgan fingerprint density at radius 3 is 2.82 bits per heavy atom. The molecular formula is C12H22N2O3. The van der Waals surface area contributed by atoms with Gasteiger partial charge in [0.1, 0.15) is 12.7 Å². The van der Waals surface area contributed by atoms with Gasteiger partial charge in [-0.15, -0.1) is 0 Å². The van der Waals surface area contributed by atoms with Gasteiger partial charge in [-0.05, 0) is 20.8 Å². The summed E-state index contributed by atoms with van der Waals surface area (Å²) in [6.45, 7) is 8.78. The van der Waals surface area contributed by atoms with Crippen LogP contribution in [0.15, 0.2) is 0 Å². The second-order valence-corrected chi connectivity index (χ2v) is 5.45. The van der Waals surface area contributed by atoms with Crippen LogP contribution in [-0.2, 0) is 9.53 Å². The summed E-state index contributed by atoms with van der Waals surface area (Å²) in [4.78, 5) is 16.1. The Morgan fingerprint density at radius 2 is 2.24 bits per heavy atom. The lowest BCUT2D eigenvalue weighted by Gasteiger charge is -2.55. The van der Waals surface area contributed by atoms with Gasteiger partial charge in [0.05, 0.1) is 12.1 Å². The highest BCUT2D eigenvalue weighted by Crippen LogP contribution is 2.31. The molecule has 2 rings (SSSR count). The molecule has 2 aliphatic rings. The predicted octanol–water partition coefficient (Wildman–Crippen LogP) is -0.311. The van der Waals surface area contributed by atoms with Gasteiger partial charge in [-0.25, -0.2) is 0 Å². The van der Waals surface area contributed by atoms with E-state index >= 15 is 0 Å². The van der Waals surface area contributed by atoms with Crippen LogP contribution in [0.4, 0.5) is 0 Å². The molecule has 2 heterocycles. The number of aliphatic hydroxyl groups is 1. The number of piperazine rings is 1. The van der Waals surface area contributed by atoms with Gasteiger partial charge in [0.2, 0.25) is 5.91 Å². The van der Waals surface area contributed by atoms with E-state index in [1.807, 2.05) is 11.8 Å². The number of ether oxygens (including phenoxy) is 1. The summed E-state index contributed by atoms with van der Waals surface area (Å²) in [7, 11) is 0. The Labute approximate surface area is 102 Å². The maximum atomic E-state index is 11.9. The van der Waals surface area contributed by atoms with Crippen molar-refractivity contribution in [2.45, 2.75) is 38.5 Å². The Kier molecular flexibility index (Phi) is 3.43. The molecule has 0 aromatic heterocycles. The van der Waals surface area contributed by atoms with E-state index < -0.39 is 5.54 Å². The van der Waals surface area contributed by atoms with Crippen molar-refractivity contribution in [1.82, 2.24) is 9.80 Å². The number of aliphatic hydroxyl groups excluding tert-OH is 1. The molecule has 5 heteroatoms. The van der Waals surface area contributed by atoms with E-state index in [9.17, 15) is 9.90 Å². The zero-order valence-corrected chi connectivity index (χ0v) is 10.8. The standard InChI is InChI=1S/C12H22N2O3/c1-9(2)13-4-5-14-11(16)7-17-10(6-15)12(14,3)8-13/h9-10,15H,4-8H2,1-3H3/t10-,12-/m0/s1. The van der Waals surface area contributed by atoms with Crippen LogP contribution in [0, 0.1) is 0 Å². The number of carbonyl (C=O) groups is 1. The topological polar surface area (TPSA) is 53.0 Å². The third-order valence-corrected chi connectivity index (χ3v) is 4.05. The molecule has 2 aliphatic heterocycles. The number of hydrogen-bond donors (Lipinski definition) is 1. The van der Waals surface area contributed by atoms with Crippen LogP contribution in [0.2, 0.25) is 0 Å². The Bertz CT molecular complexity index is 308. The smallest absolute Gasteiger partial charge is 0.249 e. The highest BCUT2D eigenvalue weighted by atomic mass is 16.5. The molecule has 0 aliphatic carbocycles. The van der Waals surface area contributed by atoms with Crippen LogP contribution >= 0.6 is 0 Å². The van der Waals surface area contributed by atoms with Gasteiger partial charge in [-0.3, -0.25) is 9.69 Å². The fourth-order valence-electron chi connectivity index (χ4n) is 2.86. The highest BCUT2D eigenvalue weighted by molar-refractivity contribution is 5.79. The van der Waals surface area contributed by atoms with Crippen LogP contribution in [0.3, 0.4) is 0 Å². The Morgan fingerprint density at radius 1 is 1.53 bits per heavy atom. The summed E-state index contributed by atoms with van der Waals surface area (Å²) >= 11 is 0. The van der Waals surface area contributed by atoms with Crippen molar-refractivity contribution in [3.05, 3.63) is 0 Å². The highest BCUT2D eigenvalue weighted by Gasteiger charge is 2.49. The normalized spacial score (nSPS) is 35.2. The molecule has 0 unspecified atom stereocenters. The molecule has 0 spiro atoms. The van der Waals surface area contributed by atoms with Gasteiger partial charge < -0.3 is 14.7 Å². The molecule has 17 heavy (non-hydrogen) atoms. The molecular weight excluding hydrogens is 220 g/mol. The van der Waals surface area contributed by atoms with Crippen LogP contribution in [-0.4, -0.2) is 71.3 Å². The summed E-state index contributed by atoms with van der Waals surface area (Å²) in [6, 6.07) is 0.449. The van der Waals surface area contributed by atoms with Crippen molar-refractivity contribution < 1.29 is 14.6 Å². The minimum atomic E-state index is -0.396. The lowest BCUT2D eigenvalue weighted by molar-refractivity contribution is -0.186. The number of nitrogens with zero attached hydrogens (tertiary/aromatic N) is 2. The average molecular weight is 242 g/mol. The first kappa shape index (κ1) is 12.8. The zero-order chi connectivity index (χ0) is 12.6. The molecule has 2 saturated heterocycles. The van der Waals surface area contributed by atoms with Crippen LogP contribution in [0.5, 0.6) is 0 Å². The van der Waals surface area contributed by atoms with Crippen LogP contribution < -0.4 is 0 Å². The number of fused-ring (bicyclic) bond motifs is 1. The molecule has 0 aromatic carbocycles. The summed E-state index contributed by atoms with van der Waals surface area (Å²) in [5.74, 6) is 0.0422. The minimum Gasteiger partial charge on any atom is -0.394 e. The molecule has 0 bridgehead atoms. The maximum absolute atomic E-state index is 11.9. The van der Waals surface area contributed by atoms with Gasteiger partial charge in [0.15, 0.2) is 0 Å². The largest absolute Gasteiger partial charge is 0.394 e. The van der Waals surface area contributed by atoms with E-state index in [-0.39, 0.29) is 25.2 Å². The van der Waals surface area contributed by atoms with E-state index in [1.54, 1.807) is 0 Å². The number of rotatable bonds is 2. The first-order valence-corrected chi connectivity index (χ1v) is 6.26. The first-order valence-electron chi connectivity index (χ1n) is 6.26. The van der Waals surface area contributed by atoms with Crippen molar-refractivity contribution >= 4 is 5.91 Å². The van der Waals surface area contributed by atoms with Crippen molar-refractivity contribution in [2.24, 2.45) is 0 Å². The summed E-state index contributed by atoms with van der Waals surface area (Å²) in [6.07, 6.45) is -0.276. The van der Waals surface area contributed by atoms with E-state index in [2.05, 4.69) is 18.7 Å². The van der Waals surface area contributed by atoms with Gasteiger partial charge >= 0.3 is 0 Å². The van der Waals surface area contributed by atoms with Gasteiger partial charge in [-0.2, -0.15) is 0 Å². The predicted molar refractivity (Wildman–Crippen MR) is 63.7 cm³/mol. The van der Waals surface area contributed by atoms with E-state index in [1.165, 1.54) is 0 Å². The number of morpholine rings is 1. The zero-order valence-electron chi connectivity index (χ0n) is 10.8. The fraction of sp³-hybridized carbons (Fsp3) is 0.917. The number of hydrogen-bond acceptors (Lipinski definition) is 4.